The molecule has 3 aromatic carbocycles. The first-order valence-corrected chi connectivity index (χ1v) is 11.1. The molecule has 7 heteroatoms. The second-order valence-electron chi connectivity index (χ2n) is 7.61. The van der Waals surface area contributed by atoms with Crippen LogP contribution in [0.3, 0.4) is 0 Å². The van der Waals surface area contributed by atoms with Gasteiger partial charge in [0.15, 0.2) is 0 Å². The molecule has 2 amide bonds. The van der Waals surface area contributed by atoms with Crippen LogP contribution in [0.25, 0.3) is 5.57 Å². The molecule has 1 aliphatic rings. The first-order valence-electron chi connectivity index (χ1n) is 11.1. The van der Waals surface area contributed by atoms with Gasteiger partial charge in [-0.2, -0.15) is 0 Å². The molecule has 1 aliphatic heterocycles. The molecule has 3 aromatic rings. The standard InChI is InChI=1S/C27H25FN2O4/c1-3-16-34-20-14-12-18(13-15-20)24-25(29-19-8-7-9-21(17-19)33-4-2)27(32)30(26(24)31)23-11-6-5-10-22(23)28/h5-15,17,29H,3-4,16H2,1-2H3. The zero-order chi connectivity index (χ0) is 24.1. The van der Waals surface area contributed by atoms with Crippen molar-refractivity contribution in [2.75, 3.05) is 23.4 Å². The Hall–Kier alpha value is -4.13. The number of imide groups is 1. The number of carbonyl (C=O) groups excluding carboxylic acids is 2. The summed E-state index contributed by atoms with van der Waals surface area (Å²) in [6.45, 7) is 4.95. The maximum atomic E-state index is 14.6. The van der Waals surface area contributed by atoms with Crippen molar-refractivity contribution in [3.05, 3.63) is 89.9 Å². The molecule has 0 bridgehead atoms. The summed E-state index contributed by atoms with van der Waals surface area (Å²) in [4.78, 5) is 27.8. The third-order valence-corrected chi connectivity index (χ3v) is 5.21. The van der Waals surface area contributed by atoms with Crippen LogP contribution in [0.5, 0.6) is 11.5 Å². The van der Waals surface area contributed by atoms with Gasteiger partial charge in [-0.15, -0.1) is 0 Å². The maximum Gasteiger partial charge on any atom is 0.282 e. The molecule has 0 aromatic heterocycles. The topological polar surface area (TPSA) is 67.9 Å². The Morgan fingerprint density at radius 2 is 1.62 bits per heavy atom. The molecule has 1 heterocycles. The zero-order valence-corrected chi connectivity index (χ0v) is 19.0. The summed E-state index contributed by atoms with van der Waals surface area (Å²) in [5.41, 5.74) is 1.20. The van der Waals surface area contributed by atoms with Gasteiger partial charge >= 0.3 is 0 Å². The van der Waals surface area contributed by atoms with E-state index in [0.29, 0.717) is 36.0 Å². The largest absolute Gasteiger partial charge is 0.494 e. The van der Waals surface area contributed by atoms with E-state index in [-0.39, 0.29) is 17.0 Å². The third-order valence-electron chi connectivity index (χ3n) is 5.21. The van der Waals surface area contributed by atoms with Gasteiger partial charge in [0, 0.05) is 11.8 Å². The minimum atomic E-state index is -0.661. The molecule has 34 heavy (non-hydrogen) atoms. The molecular weight excluding hydrogens is 435 g/mol. The van der Waals surface area contributed by atoms with Gasteiger partial charge in [-0.05, 0) is 55.3 Å². The molecular formula is C27H25FN2O4. The SMILES string of the molecule is CCCOc1ccc(C2=C(Nc3cccc(OCC)c3)C(=O)N(c3ccccc3F)C2=O)cc1. The monoisotopic (exact) mass is 460 g/mol. The summed E-state index contributed by atoms with van der Waals surface area (Å²) in [6.07, 6.45) is 0.867. The number of rotatable bonds is 9. The second-order valence-corrected chi connectivity index (χ2v) is 7.61. The van der Waals surface area contributed by atoms with Crippen LogP contribution < -0.4 is 19.7 Å². The molecule has 0 atom stereocenters. The van der Waals surface area contributed by atoms with Crippen molar-refractivity contribution >= 4 is 28.8 Å². The van der Waals surface area contributed by atoms with E-state index in [2.05, 4.69) is 5.32 Å². The fourth-order valence-electron chi connectivity index (χ4n) is 3.68. The van der Waals surface area contributed by atoms with Crippen LogP contribution in [-0.4, -0.2) is 25.0 Å². The average Bonchev–Trinajstić information content (AvgIpc) is 3.08. The van der Waals surface area contributed by atoms with Crippen molar-refractivity contribution in [1.29, 1.82) is 0 Å². The fraction of sp³-hybridized carbons (Fsp3) is 0.185. The van der Waals surface area contributed by atoms with Crippen LogP contribution in [-0.2, 0) is 9.59 Å². The van der Waals surface area contributed by atoms with Crippen molar-refractivity contribution < 1.29 is 23.5 Å². The Bertz CT molecular complexity index is 1240. The first-order chi connectivity index (χ1) is 16.5. The number of carbonyl (C=O) groups is 2. The number of hydrogen-bond donors (Lipinski definition) is 1. The van der Waals surface area contributed by atoms with E-state index in [1.54, 1.807) is 54.6 Å². The molecule has 6 nitrogen and oxygen atoms in total. The maximum absolute atomic E-state index is 14.6. The Balaban J connectivity index is 1.76. The molecule has 0 spiro atoms. The molecule has 0 saturated carbocycles. The highest BCUT2D eigenvalue weighted by molar-refractivity contribution is 6.46. The predicted molar refractivity (Wildman–Crippen MR) is 129 cm³/mol. The van der Waals surface area contributed by atoms with Gasteiger partial charge in [0.2, 0.25) is 0 Å². The smallest absolute Gasteiger partial charge is 0.282 e. The summed E-state index contributed by atoms with van der Waals surface area (Å²) >= 11 is 0. The number of amides is 2. The highest BCUT2D eigenvalue weighted by Gasteiger charge is 2.41. The van der Waals surface area contributed by atoms with Crippen LogP contribution in [0.1, 0.15) is 25.8 Å². The van der Waals surface area contributed by atoms with Gasteiger partial charge in [0.05, 0.1) is 24.5 Å². The molecule has 1 N–H and O–H groups in total. The first kappa shape index (κ1) is 23.0. The number of nitrogens with one attached hydrogen (secondary N) is 1. The van der Waals surface area contributed by atoms with E-state index >= 15 is 0 Å². The predicted octanol–water partition coefficient (Wildman–Crippen LogP) is 5.41. The lowest BCUT2D eigenvalue weighted by Gasteiger charge is -2.16. The van der Waals surface area contributed by atoms with Crippen LogP contribution in [0.2, 0.25) is 0 Å². The van der Waals surface area contributed by atoms with Crippen molar-refractivity contribution in [3.63, 3.8) is 0 Å². The number of ether oxygens (including phenoxy) is 2. The molecule has 4 rings (SSSR count). The fourth-order valence-corrected chi connectivity index (χ4v) is 3.68. The summed E-state index contributed by atoms with van der Waals surface area (Å²) < 4.78 is 25.7. The van der Waals surface area contributed by atoms with Gasteiger partial charge in [-0.1, -0.05) is 37.3 Å². The number of benzene rings is 3. The van der Waals surface area contributed by atoms with E-state index in [1.807, 2.05) is 13.8 Å². The normalized spacial score (nSPS) is 13.4. The van der Waals surface area contributed by atoms with E-state index < -0.39 is 17.6 Å². The van der Waals surface area contributed by atoms with E-state index in [4.69, 9.17) is 9.47 Å². The Morgan fingerprint density at radius 1 is 0.853 bits per heavy atom. The van der Waals surface area contributed by atoms with Crippen molar-refractivity contribution in [2.45, 2.75) is 20.3 Å². The quantitative estimate of drug-likeness (QED) is 0.433. The van der Waals surface area contributed by atoms with Gasteiger partial charge in [-0.3, -0.25) is 9.59 Å². The Kier molecular flexibility index (Phi) is 6.92. The van der Waals surface area contributed by atoms with Crippen molar-refractivity contribution in [2.24, 2.45) is 0 Å². The third kappa shape index (κ3) is 4.64. The van der Waals surface area contributed by atoms with Crippen LogP contribution in [0.4, 0.5) is 15.8 Å². The summed E-state index contributed by atoms with van der Waals surface area (Å²) in [6, 6.07) is 19.7. The Morgan fingerprint density at radius 3 is 2.32 bits per heavy atom. The number of hydrogen-bond acceptors (Lipinski definition) is 5. The summed E-state index contributed by atoms with van der Waals surface area (Å²) in [7, 11) is 0. The number of para-hydroxylation sites is 1. The molecule has 0 radical (unpaired) electrons. The van der Waals surface area contributed by atoms with Gasteiger partial charge in [0.25, 0.3) is 11.8 Å². The highest BCUT2D eigenvalue weighted by atomic mass is 19.1. The molecule has 0 aliphatic carbocycles. The number of anilines is 2. The molecule has 0 unspecified atom stereocenters. The molecule has 0 fully saturated rings. The summed E-state index contributed by atoms with van der Waals surface area (Å²) in [5.74, 6) is -0.631. The molecule has 174 valence electrons. The lowest BCUT2D eigenvalue weighted by atomic mass is 10.0. The van der Waals surface area contributed by atoms with Crippen LogP contribution in [0.15, 0.2) is 78.5 Å². The van der Waals surface area contributed by atoms with E-state index in [1.165, 1.54) is 18.2 Å². The number of halogens is 1. The van der Waals surface area contributed by atoms with Crippen molar-refractivity contribution in [3.8, 4) is 11.5 Å². The highest BCUT2D eigenvalue weighted by Crippen LogP contribution is 2.35. The minimum absolute atomic E-state index is 0.0594. The van der Waals surface area contributed by atoms with Crippen molar-refractivity contribution in [1.82, 2.24) is 0 Å². The van der Waals surface area contributed by atoms with E-state index in [9.17, 15) is 14.0 Å². The van der Waals surface area contributed by atoms with Gasteiger partial charge in [0.1, 0.15) is 23.0 Å². The van der Waals surface area contributed by atoms with E-state index in [0.717, 1.165) is 11.3 Å². The number of nitrogens with zero attached hydrogens (tertiary/aromatic N) is 1. The zero-order valence-electron chi connectivity index (χ0n) is 19.0. The summed E-state index contributed by atoms with van der Waals surface area (Å²) in [5, 5.41) is 3.07. The minimum Gasteiger partial charge on any atom is -0.494 e. The Labute approximate surface area is 197 Å². The molecule has 0 saturated heterocycles. The second kappa shape index (κ2) is 10.2. The van der Waals surface area contributed by atoms with Crippen LogP contribution >= 0.6 is 0 Å². The van der Waals surface area contributed by atoms with Gasteiger partial charge < -0.3 is 14.8 Å². The average molecular weight is 461 g/mol. The van der Waals surface area contributed by atoms with Crippen LogP contribution in [0, 0.1) is 5.82 Å². The lowest BCUT2D eigenvalue weighted by molar-refractivity contribution is -0.120. The lowest BCUT2D eigenvalue weighted by Crippen LogP contribution is -2.33. The van der Waals surface area contributed by atoms with Gasteiger partial charge in [-0.25, -0.2) is 9.29 Å².